The summed E-state index contributed by atoms with van der Waals surface area (Å²) in [6.07, 6.45) is 0. The number of carbonyl (C=O) groups excluding carboxylic acids is 1. The number of aromatic nitrogens is 2. The number of aryl methyl sites for hydroxylation is 1. The van der Waals surface area contributed by atoms with Gasteiger partial charge in [0.25, 0.3) is 5.91 Å². The van der Waals surface area contributed by atoms with E-state index in [1.807, 2.05) is 0 Å². The van der Waals surface area contributed by atoms with Gasteiger partial charge in [0.1, 0.15) is 6.61 Å². The summed E-state index contributed by atoms with van der Waals surface area (Å²) in [6, 6.07) is 0. The highest BCUT2D eigenvalue weighted by atomic mass is 16.5. The van der Waals surface area contributed by atoms with Crippen molar-refractivity contribution in [3.8, 4) is 0 Å². The number of nitrogens with zero attached hydrogens (tertiary/aromatic N) is 2. The molecule has 1 rings (SSSR count). The number of rotatable bonds is 1. The third kappa shape index (κ3) is 1.20. The van der Waals surface area contributed by atoms with Gasteiger partial charge in [-0.2, -0.15) is 4.57 Å². The Hall–Kier alpha value is -1.43. The molecule has 0 fully saturated rings. The summed E-state index contributed by atoms with van der Waals surface area (Å²) in [7, 11) is 0. The fourth-order valence-corrected chi connectivity index (χ4v) is 0.672. The summed E-state index contributed by atoms with van der Waals surface area (Å²) < 4.78 is 4.81. The molecule has 0 aliphatic rings. The molecule has 0 amide bonds. The van der Waals surface area contributed by atoms with Crippen molar-refractivity contribution in [2.75, 3.05) is 6.61 Å². The molecule has 6 heteroatoms. The van der Waals surface area contributed by atoms with Crippen molar-refractivity contribution in [3.63, 3.8) is 0 Å². The molecule has 11 heavy (non-hydrogen) atoms. The SMILES string of the molecule is Cc1noc(=O)n1C(=O)CO. The highest BCUT2D eigenvalue weighted by molar-refractivity contribution is 5.79. The largest absolute Gasteiger partial charge is 0.448 e. The average molecular weight is 158 g/mol. The second-order valence-corrected chi connectivity index (χ2v) is 1.88. The van der Waals surface area contributed by atoms with Crippen molar-refractivity contribution in [1.82, 2.24) is 9.72 Å². The third-order valence-electron chi connectivity index (χ3n) is 1.15. The Kier molecular flexibility index (Phi) is 1.86. The second kappa shape index (κ2) is 2.67. The van der Waals surface area contributed by atoms with Crippen LogP contribution in [0.3, 0.4) is 0 Å². The fourth-order valence-electron chi connectivity index (χ4n) is 0.672. The van der Waals surface area contributed by atoms with Crippen molar-refractivity contribution in [3.05, 3.63) is 16.4 Å². The van der Waals surface area contributed by atoms with Crippen molar-refractivity contribution in [2.45, 2.75) is 6.92 Å². The minimum Gasteiger partial charge on any atom is -0.386 e. The molecule has 60 valence electrons. The first-order valence-corrected chi connectivity index (χ1v) is 2.86. The predicted octanol–water partition coefficient (Wildman–Crippen LogP) is -1.22. The third-order valence-corrected chi connectivity index (χ3v) is 1.15. The Morgan fingerprint density at radius 1 is 1.82 bits per heavy atom. The highest BCUT2D eigenvalue weighted by Gasteiger charge is 2.12. The lowest BCUT2D eigenvalue weighted by atomic mass is 10.6. The lowest BCUT2D eigenvalue weighted by Gasteiger charge is -1.93. The lowest BCUT2D eigenvalue weighted by molar-refractivity contribution is 0.0807. The van der Waals surface area contributed by atoms with Gasteiger partial charge in [-0.15, -0.1) is 0 Å². The van der Waals surface area contributed by atoms with Gasteiger partial charge >= 0.3 is 5.76 Å². The normalized spacial score (nSPS) is 10.0. The van der Waals surface area contributed by atoms with Gasteiger partial charge in [0.05, 0.1) is 0 Å². The van der Waals surface area contributed by atoms with Crippen LogP contribution in [0.4, 0.5) is 0 Å². The van der Waals surface area contributed by atoms with Crippen LogP contribution in [0, 0.1) is 6.92 Å². The van der Waals surface area contributed by atoms with E-state index in [2.05, 4.69) is 9.68 Å². The first-order valence-electron chi connectivity index (χ1n) is 2.86. The van der Waals surface area contributed by atoms with Gasteiger partial charge in [-0.1, -0.05) is 5.16 Å². The van der Waals surface area contributed by atoms with Crippen LogP contribution < -0.4 is 5.76 Å². The summed E-state index contributed by atoms with van der Waals surface area (Å²) >= 11 is 0. The quantitative estimate of drug-likeness (QED) is 0.553. The zero-order chi connectivity index (χ0) is 8.43. The highest BCUT2D eigenvalue weighted by Crippen LogP contribution is 1.87. The van der Waals surface area contributed by atoms with Crippen LogP contribution in [0.1, 0.15) is 10.6 Å². The summed E-state index contributed by atoms with van der Waals surface area (Å²) in [5.74, 6) is -1.48. The van der Waals surface area contributed by atoms with E-state index in [0.29, 0.717) is 4.57 Å². The number of aliphatic hydroxyl groups is 1. The molecule has 0 unspecified atom stereocenters. The number of carbonyl (C=O) groups is 1. The minimum absolute atomic E-state index is 0.133. The van der Waals surface area contributed by atoms with Gasteiger partial charge in [-0.05, 0) is 6.92 Å². The standard InChI is InChI=1S/C5H6N2O4/c1-3-6-11-5(10)7(3)4(9)2-8/h8H,2H2,1H3. The van der Waals surface area contributed by atoms with E-state index < -0.39 is 18.3 Å². The zero-order valence-electron chi connectivity index (χ0n) is 5.77. The van der Waals surface area contributed by atoms with Gasteiger partial charge in [0.2, 0.25) is 0 Å². The molecule has 0 saturated heterocycles. The van der Waals surface area contributed by atoms with Crippen LogP contribution >= 0.6 is 0 Å². The molecular weight excluding hydrogens is 152 g/mol. The molecule has 0 saturated carbocycles. The van der Waals surface area contributed by atoms with Crippen LogP contribution in [0.15, 0.2) is 9.32 Å². The van der Waals surface area contributed by atoms with Crippen LogP contribution in [-0.2, 0) is 0 Å². The molecule has 1 heterocycles. The minimum atomic E-state index is -0.874. The lowest BCUT2D eigenvalue weighted by Crippen LogP contribution is -2.26. The molecule has 0 radical (unpaired) electrons. The maximum atomic E-state index is 10.7. The van der Waals surface area contributed by atoms with Gasteiger partial charge in [0, 0.05) is 0 Å². The van der Waals surface area contributed by atoms with Crippen molar-refractivity contribution < 1.29 is 14.4 Å². The topological polar surface area (TPSA) is 85.3 Å². The van der Waals surface area contributed by atoms with Gasteiger partial charge in [-0.25, -0.2) is 4.79 Å². The summed E-state index contributed by atoms with van der Waals surface area (Å²) in [4.78, 5) is 21.4. The van der Waals surface area contributed by atoms with Crippen LogP contribution in [0.5, 0.6) is 0 Å². The number of hydrogen-bond donors (Lipinski definition) is 1. The van der Waals surface area contributed by atoms with E-state index in [1.54, 1.807) is 0 Å². The molecule has 0 aromatic carbocycles. The fraction of sp³-hybridized carbons (Fsp3) is 0.400. The Morgan fingerprint density at radius 3 is 2.82 bits per heavy atom. The predicted molar refractivity (Wildman–Crippen MR) is 33.2 cm³/mol. The molecule has 0 bridgehead atoms. The van der Waals surface area contributed by atoms with Crippen LogP contribution in [0.2, 0.25) is 0 Å². The van der Waals surface area contributed by atoms with Crippen LogP contribution in [-0.4, -0.2) is 27.3 Å². The number of aliphatic hydroxyl groups excluding tert-OH is 1. The van der Waals surface area contributed by atoms with Crippen LogP contribution in [0.25, 0.3) is 0 Å². The van der Waals surface area contributed by atoms with E-state index in [1.165, 1.54) is 6.92 Å². The second-order valence-electron chi connectivity index (χ2n) is 1.88. The van der Waals surface area contributed by atoms with Gasteiger partial charge in [0.15, 0.2) is 5.82 Å². The molecule has 0 atom stereocenters. The van der Waals surface area contributed by atoms with Crippen molar-refractivity contribution in [2.24, 2.45) is 0 Å². The van der Waals surface area contributed by atoms with Crippen molar-refractivity contribution in [1.29, 1.82) is 0 Å². The van der Waals surface area contributed by atoms with E-state index in [4.69, 9.17) is 5.11 Å². The zero-order valence-corrected chi connectivity index (χ0v) is 5.77. The first-order chi connectivity index (χ1) is 5.16. The summed E-state index contributed by atoms with van der Waals surface area (Å²) in [5, 5.41) is 11.6. The molecule has 0 aliphatic heterocycles. The molecule has 1 aromatic heterocycles. The monoisotopic (exact) mass is 158 g/mol. The Morgan fingerprint density at radius 2 is 2.45 bits per heavy atom. The number of hydrogen-bond acceptors (Lipinski definition) is 5. The van der Waals surface area contributed by atoms with E-state index in [-0.39, 0.29) is 5.82 Å². The van der Waals surface area contributed by atoms with Gasteiger partial charge < -0.3 is 5.11 Å². The summed E-state index contributed by atoms with van der Waals surface area (Å²) in [5.41, 5.74) is 0. The van der Waals surface area contributed by atoms with E-state index >= 15 is 0 Å². The van der Waals surface area contributed by atoms with Gasteiger partial charge in [-0.3, -0.25) is 9.32 Å². The Labute approximate surface area is 61.0 Å². The molecule has 1 aromatic rings. The Balaban J connectivity index is 3.21. The molecular formula is C5H6N2O4. The molecule has 1 N–H and O–H groups in total. The average Bonchev–Trinajstić information content (AvgIpc) is 2.30. The summed E-state index contributed by atoms with van der Waals surface area (Å²) in [6.45, 7) is 0.695. The smallest absolute Gasteiger partial charge is 0.386 e. The van der Waals surface area contributed by atoms with E-state index in [9.17, 15) is 9.59 Å². The van der Waals surface area contributed by atoms with E-state index in [0.717, 1.165) is 0 Å². The molecule has 0 spiro atoms. The first kappa shape index (κ1) is 7.67. The van der Waals surface area contributed by atoms with Crippen molar-refractivity contribution >= 4 is 5.91 Å². The maximum Gasteiger partial charge on any atom is 0.448 e. The maximum absolute atomic E-state index is 10.7. The molecule has 6 nitrogen and oxygen atoms in total. The molecule has 0 aliphatic carbocycles. The Bertz CT molecular complexity index is 323.